The largest absolute Gasteiger partial charge is 0.431 e. The number of hydrogen-bond donors (Lipinski definition) is 0. The van der Waals surface area contributed by atoms with Gasteiger partial charge in [-0.05, 0) is 141 Å². The van der Waals surface area contributed by atoms with Gasteiger partial charge in [-0.1, -0.05) is 71.2 Å². The maximum atomic E-state index is 12.9. The molecule has 2 heterocycles. The zero-order valence-corrected chi connectivity index (χ0v) is 36.6. The fourth-order valence-electron chi connectivity index (χ4n) is 7.32. The van der Waals surface area contributed by atoms with Gasteiger partial charge in [0.05, 0.1) is 33.2 Å². The molecule has 0 aliphatic heterocycles. The third kappa shape index (κ3) is 12.6. The monoisotopic (exact) mass is 867 g/mol. The van der Waals surface area contributed by atoms with Crippen LogP contribution in [0.4, 0.5) is 0 Å². The predicted molar refractivity (Wildman–Crippen MR) is 240 cm³/mol. The van der Waals surface area contributed by atoms with Crippen molar-refractivity contribution in [2.24, 2.45) is 5.92 Å². The third-order valence-electron chi connectivity index (χ3n) is 11.0. The van der Waals surface area contributed by atoms with Crippen molar-refractivity contribution in [2.45, 2.75) is 70.3 Å². The molecule has 2 aromatic heterocycles. The molecule has 8 rings (SSSR count). The molecule has 14 heteroatoms. The molecule has 0 N–H and O–H groups in total. The first-order valence-corrected chi connectivity index (χ1v) is 24.6. The minimum Gasteiger partial charge on any atom is -0.431 e. The van der Waals surface area contributed by atoms with Crippen LogP contribution in [0.15, 0.2) is 97.1 Å². The Hall–Kier alpha value is -4.44. The minimum atomic E-state index is -3.73. The van der Waals surface area contributed by atoms with Crippen LogP contribution in [-0.2, 0) is 32.5 Å². The summed E-state index contributed by atoms with van der Waals surface area (Å²) < 4.78 is 40.5. The average Bonchev–Trinajstić information content (AvgIpc) is 4.17. The van der Waals surface area contributed by atoms with E-state index in [1.165, 1.54) is 48.1 Å². The number of benzene rings is 4. The van der Waals surface area contributed by atoms with E-state index < -0.39 is 16.0 Å². The Labute approximate surface area is 360 Å². The lowest BCUT2D eigenvalue weighted by Gasteiger charge is -2.24. The summed E-state index contributed by atoms with van der Waals surface area (Å²) in [6, 6.07) is 33.0. The summed E-state index contributed by atoms with van der Waals surface area (Å²) in [6.07, 6.45) is 9.99. The van der Waals surface area contributed by atoms with Crippen molar-refractivity contribution in [1.82, 2.24) is 24.2 Å². The molecule has 2 aliphatic rings. The van der Waals surface area contributed by atoms with E-state index in [9.17, 15) is 13.2 Å². The highest BCUT2D eigenvalue weighted by Gasteiger charge is 2.29. The number of carbonyl (C=O) groups excluding carboxylic acids is 1. The van der Waals surface area contributed by atoms with E-state index in [0.717, 1.165) is 94.6 Å². The first-order valence-electron chi connectivity index (χ1n) is 21.1. The number of hydrogen-bond acceptors (Lipinski definition) is 12. The number of nitrogens with zero attached hydrogens (tertiary/aromatic N) is 5. The van der Waals surface area contributed by atoms with Crippen molar-refractivity contribution in [2.75, 3.05) is 45.5 Å². The maximum Gasteiger partial charge on any atom is 0.326 e. The van der Waals surface area contributed by atoms with Gasteiger partial charge in [-0.3, -0.25) is 4.79 Å². The second-order valence-corrected chi connectivity index (χ2v) is 19.8. The van der Waals surface area contributed by atoms with E-state index in [1.807, 2.05) is 72.8 Å². The molecule has 2 fully saturated rings. The van der Waals surface area contributed by atoms with Gasteiger partial charge in [0.25, 0.3) is 10.4 Å². The zero-order chi connectivity index (χ0) is 41.3. The molecule has 6 aromatic rings. The van der Waals surface area contributed by atoms with Crippen molar-refractivity contribution < 1.29 is 27.5 Å². The van der Waals surface area contributed by atoms with Gasteiger partial charge < -0.3 is 24.1 Å². The quantitative estimate of drug-likeness (QED) is 0.0431. The van der Waals surface area contributed by atoms with E-state index in [0.29, 0.717) is 35.2 Å². The van der Waals surface area contributed by atoms with Crippen LogP contribution in [-0.4, -0.2) is 90.2 Å². The molecule has 2 saturated carbocycles. The van der Waals surface area contributed by atoms with E-state index >= 15 is 0 Å². The maximum absolute atomic E-state index is 12.9. The number of fused-ring (bicyclic) bond motifs is 2. The number of unbranched alkanes of at least 4 members (excludes halogenated alkanes) is 1. The van der Waals surface area contributed by atoms with Gasteiger partial charge in [0.15, 0.2) is 0 Å². The number of aromatic nitrogens is 2. The zero-order valence-electron chi connectivity index (χ0n) is 34.1. The number of thiazole rings is 2. The van der Waals surface area contributed by atoms with Crippen molar-refractivity contribution in [3.8, 4) is 21.9 Å². The highest BCUT2D eigenvalue weighted by atomic mass is 32.2. The van der Waals surface area contributed by atoms with E-state index in [-0.39, 0.29) is 13.0 Å². The lowest BCUT2D eigenvalue weighted by atomic mass is 10.1. The predicted octanol–water partition coefficient (Wildman–Crippen LogP) is 9.73. The van der Waals surface area contributed by atoms with Crippen LogP contribution in [0.25, 0.3) is 20.4 Å². The fourth-order valence-corrected chi connectivity index (χ4v) is 9.67. The summed E-state index contributed by atoms with van der Waals surface area (Å²) in [7, 11) is -3.73. The summed E-state index contributed by atoms with van der Waals surface area (Å²) in [5.41, 5.74) is 4.33. The first-order chi connectivity index (χ1) is 29.2. The van der Waals surface area contributed by atoms with Gasteiger partial charge in [-0.25, -0.2) is 18.4 Å². The molecule has 0 amide bonds. The SMILES string of the molecule is CS(=O)(=O)N(CCCN(CCc1ccc(Oc2nc3ccccc3s2)cc1)CC1CC1)OC(=O)CCCCN(CCc1ccc(Oc2nc3ccccc3s2)cc1)C1CC1. The van der Waals surface area contributed by atoms with Crippen LogP contribution in [0, 0.1) is 5.92 Å². The minimum absolute atomic E-state index is 0.133. The lowest BCUT2D eigenvalue weighted by Crippen LogP contribution is -2.36. The molecule has 0 radical (unpaired) electrons. The number of carbonyl (C=O) groups is 1. The molecular formula is C46H53N5O6S3. The topological polar surface area (TPSA) is 114 Å². The summed E-state index contributed by atoms with van der Waals surface area (Å²) in [5, 5.41) is 1.27. The van der Waals surface area contributed by atoms with Crippen LogP contribution in [0.1, 0.15) is 62.5 Å². The standard InChI is InChI=1S/C46H53N5O6S3/c1-60(53,54)51(30-8-28-49(33-36-14-15-36)31-26-34-16-22-38(23-17-34)55-45-47-40-9-2-4-11-42(40)58-45)57-44(52)13-6-7-29-50(37-20-21-37)32-27-35-18-24-39(25-19-35)56-46-48-41-10-3-5-12-43(41)59-46/h2-5,9-12,16-19,22-25,36-37H,6-8,13-15,20-21,26-33H2,1H3. The summed E-state index contributed by atoms with van der Waals surface area (Å²) in [6.45, 7) is 4.54. The second kappa shape index (κ2) is 20.0. The van der Waals surface area contributed by atoms with Gasteiger partial charge in [-0.15, -0.1) is 0 Å². The van der Waals surface area contributed by atoms with Crippen molar-refractivity contribution >= 4 is 59.1 Å². The molecular weight excluding hydrogens is 815 g/mol. The van der Waals surface area contributed by atoms with Gasteiger partial charge in [0, 0.05) is 32.1 Å². The van der Waals surface area contributed by atoms with E-state index in [1.54, 1.807) is 11.3 Å². The van der Waals surface area contributed by atoms with E-state index in [2.05, 4.69) is 44.0 Å². The Morgan fingerprint density at radius 2 is 1.23 bits per heavy atom. The Kier molecular flexibility index (Phi) is 14.1. The van der Waals surface area contributed by atoms with Crippen LogP contribution in [0.3, 0.4) is 0 Å². The third-order valence-corrected chi connectivity index (χ3v) is 13.8. The van der Waals surface area contributed by atoms with Crippen LogP contribution >= 0.6 is 22.7 Å². The molecule has 0 unspecified atom stereocenters. The Bertz CT molecular complexity index is 2360. The van der Waals surface area contributed by atoms with Gasteiger partial charge in [0.1, 0.15) is 11.5 Å². The number of sulfonamides is 1. The Morgan fingerprint density at radius 1 is 0.667 bits per heavy atom. The van der Waals surface area contributed by atoms with Crippen LogP contribution < -0.4 is 9.47 Å². The van der Waals surface area contributed by atoms with E-state index in [4.69, 9.17) is 14.3 Å². The normalized spacial score (nSPS) is 14.5. The van der Waals surface area contributed by atoms with Crippen molar-refractivity contribution in [1.29, 1.82) is 0 Å². The number of hydroxylamine groups is 1. The summed E-state index contributed by atoms with van der Waals surface area (Å²) >= 11 is 3.07. The lowest BCUT2D eigenvalue weighted by molar-refractivity contribution is -0.169. The van der Waals surface area contributed by atoms with Gasteiger partial charge in [-0.2, -0.15) is 0 Å². The van der Waals surface area contributed by atoms with Crippen molar-refractivity contribution in [3.63, 3.8) is 0 Å². The second-order valence-electron chi connectivity index (χ2n) is 16.0. The first kappa shape index (κ1) is 42.3. The summed E-state index contributed by atoms with van der Waals surface area (Å²) in [5.74, 6) is 1.72. The molecule has 0 atom stereocenters. The van der Waals surface area contributed by atoms with Gasteiger partial charge >= 0.3 is 5.97 Å². The molecule has 316 valence electrons. The Balaban J connectivity index is 0.737. The smallest absolute Gasteiger partial charge is 0.326 e. The number of ether oxygens (including phenoxy) is 2. The fraction of sp³-hybridized carbons (Fsp3) is 0.413. The van der Waals surface area contributed by atoms with Crippen molar-refractivity contribution in [3.05, 3.63) is 108 Å². The van der Waals surface area contributed by atoms with Crippen LogP contribution in [0.2, 0.25) is 0 Å². The average molecular weight is 868 g/mol. The molecule has 60 heavy (non-hydrogen) atoms. The highest BCUT2D eigenvalue weighted by molar-refractivity contribution is 7.88. The molecule has 0 saturated heterocycles. The molecule has 11 nitrogen and oxygen atoms in total. The molecule has 2 aliphatic carbocycles. The van der Waals surface area contributed by atoms with Crippen LogP contribution in [0.5, 0.6) is 21.9 Å². The summed E-state index contributed by atoms with van der Waals surface area (Å²) in [4.78, 5) is 32.4. The Morgan fingerprint density at radius 3 is 1.77 bits per heavy atom. The molecule has 0 bridgehead atoms. The van der Waals surface area contributed by atoms with Gasteiger partial charge in [0.2, 0.25) is 10.0 Å². The highest BCUT2D eigenvalue weighted by Crippen LogP contribution is 2.33. The molecule has 4 aromatic carbocycles. The number of rotatable bonds is 24. The molecule has 0 spiro atoms. The number of para-hydroxylation sites is 2.